The van der Waals surface area contributed by atoms with Crippen molar-refractivity contribution in [2.75, 3.05) is 0 Å². The number of halogens is 1. The van der Waals surface area contributed by atoms with E-state index in [4.69, 9.17) is 15.0 Å². The Bertz CT molecular complexity index is 1530. The first-order chi connectivity index (χ1) is 16.2. The Balaban J connectivity index is 1.56. The van der Waals surface area contributed by atoms with Crippen molar-refractivity contribution in [1.29, 1.82) is 0 Å². The maximum absolute atomic E-state index is 4.90. The molecule has 0 aliphatic heterocycles. The second-order valence-corrected chi connectivity index (χ2v) is 8.85. The first-order valence-corrected chi connectivity index (χ1v) is 11.5. The van der Waals surface area contributed by atoms with Crippen molar-refractivity contribution in [2.45, 2.75) is 0 Å². The molecule has 3 nitrogen and oxygen atoms in total. The van der Waals surface area contributed by atoms with E-state index in [1.165, 1.54) is 10.8 Å². The molecule has 4 heteroatoms. The van der Waals surface area contributed by atoms with Crippen molar-refractivity contribution in [2.24, 2.45) is 0 Å². The van der Waals surface area contributed by atoms with Crippen LogP contribution in [0, 0.1) is 0 Å². The van der Waals surface area contributed by atoms with Gasteiger partial charge in [0.25, 0.3) is 0 Å². The van der Waals surface area contributed by atoms with E-state index in [1.807, 2.05) is 36.4 Å². The minimum atomic E-state index is 0.656. The van der Waals surface area contributed by atoms with Crippen LogP contribution >= 0.6 is 15.9 Å². The van der Waals surface area contributed by atoms with Crippen molar-refractivity contribution >= 4 is 37.5 Å². The van der Waals surface area contributed by atoms with Crippen LogP contribution in [-0.4, -0.2) is 15.0 Å². The third kappa shape index (κ3) is 3.90. The van der Waals surface area contributed by atoms with Gasteiger partial charge in [-0.3, -0.25) is 0 Å². The summed E-state index contributed by atoms with van der Waals surface area (Å²) in [5.41, 5.74) is 2.89. The molecule has 0 atom stereocenters. The van der Waals surface area contributed by atoms with Gasteiger partial charge in [0.1, 0.15) is 0 Å². The zero-order valence-electron chi connectivity index (χ0n) is 17.6. The standard InChI is InChI=1S/C29H18BrN3/c30-26-15-13-21(14-16-26)27-31-28(24-11-9-19-5-1-3-7-22(19)17-24)33-29(32-27)25-12-10-20-6-2-4-8-23(20)18-25/h1-18H. The van der Waals surface area contributed by atoms with Crippen molar-refractivity contribution < 1.29 is 0 Å². The van der Waals surface area contributed by atoms with Crippen molar-refractivity contribution in [3.8, 4) is 34.2 Å². The molecular formula is C29H18BrN3. The van der Waals surface area contributed by atoms with Crippen LogP contribution in [0.15, 0.2) is 114 Å². The van der Waals surface area contributed by atoms with Crippen LogP contribution in [0.25, 0.3) is 55.7 Å². The molecule has 1 heterocycles. The van der Waals surface area contributed by atoms with Gasteiger partial charge in [0, 0.05) is 21.2 Å². The van der Waals surface area contributed by atoms with Crippen LogP contribution in [0.1, 0.15) is 0 Å². The van der Waals surface area contributed by atoms with Crippen LogP contribution in [0.5, 0.6) is 0 Å². The zero-order valence-corrected chi connectivity index (χ0v) is 19.2. The van der Waals surface area contributed by atoms with Gasteiger partial charge < -0.3 is 0 Å². The summed E-state index contributed by atoms with van der Waals surface area (Å²) in [5.74, 6) is 1.98. The van der Waals surface area contributed by atoms with Gasteiger partial charge in [0.15, 0.2) is 17.5 Å². The molecule has 0 aliphatic rings. The topological polar surface area (TPSA) is 38.7 Å². The summed E-state index contributed by atoms with van der Waals surface area (Å²) in [6, 6.07) is 37.4. The Morgan fingerprint density at radius 3 is 1.27 bits per heavy atom. The SMILES string of the molecule is Brc1ccc(-c2nc(-c3ccc4ccccc4c3)nc(-c3ccc4ccccc4c3)n2)cc1. The second-order valence-electron chi connectivity index (χ2n) is 7.94. The van der Waals surface area contributed by atoms with Crippen LogP contribution in [0.2, 0.25) is 0 Å². The molecule has 5 aromatic carbocycles. The first kappa shape index (κ1) is 19.8. The largest absolute Gasteiger partial charge is 0.208 e. The lowest BCUT2D eigenvalue weighted by atomic mass is 10.1. The number of aromatic nitrogens is 3. The maximum Gasteiger partial charge on any atom is 0.164 e. The fraction of sp³-hybridized carbons (Fsp3) is 0. The van der Waals surface area contributed by atoms with E-state index in [9.17, 15) is 0 Å². The van der Waals surface area contributed by atoms with E-state index in [0.29, 0.717) is 17.5 Å². The Hall–Kier alpha value is -3.89. The zero-order chi connectivity index (χ0) is 22.2. The van der Waals surface area contributed by atoms with Gasteiger partial charge in [-0.25, -0.2) is 15.0 Å². The molecule has 0 saturated carbocycles. The van der Waals surface area contributed by atoms with Crippen LogP contribution in [0.3, 0.4) is 0 Å². The number of rotatable bonds is 3. The second kappa shape index (κ2) is 8.23. The molecule has 1 aromatic heterocycles. The first-order valence-electron chi connectivity index (χ1n) is 10.7. The Morgan fingerprint density at radius 2 is 0.788 bits per heavy atom. The Kier molecular flexibility index (Phi) is 4.93. The van der Waals surface area contributed by atoms with Crippen molar-refractivity contribution in [1.82, 2.24) is 15.0 Å². The minimum absolute atomic E-state index is 0.656. The average Bonchev–Trinajstić information content (AvgIpc) is 2.88. The summed E-state index contributed by atoms with van der Waals surface area (Å²) >= 11 is 3.51. The lowest BCUT2D eigenvalue weighted by Gasteiger charge is -2.10. The van der Waals surface area contributed by atoms with Gasteiger partial charge in [-0.2, -0.15) is 0 Å². The Morgan fingerprint density at radius 1 is 0.394 bits per heavy atom. The highest BCUT2D eigenvalue weighted by Crippen LogP contribution is 2.29. The molecular weight excluding hydrogens is 470 g/mol. The van der Waals surface area contributed by atoms with Crippen molar-refractivity contribution in [3.63, 3.8) is 0 Å². The van der Waals surface area contributed by atoms with E-state index < -0.39 is 0 Å². The third-order valence-corrected chi connectivity index (χ3v) is 6.28. The number of hydrogen-bond donors (Lipinski definition) is 0. The molecule has 6 aromatic rings. The van der Waals surface area contributed by atoms with Gasteiger partial charge in [-0.05, 0) is 45.8 Å². The summed E-state index contributed by atoms with van der Waals surface area (Å²) in [6.07, 6.45) is 0. The number of benzene rings is 5. The van der Waals surface area contributed by atoms with E-state index >= 15 is 0 Å². The molecule has 0 N–H and O–H groups in total. The average molecular weight is 488 g/mol. The molecule has 0 bridgehead atoms. The highest BCUT2D eigenvalue weighted by Gasteiger charge is 2.13. The summed E-state index contributed by atoms with van der Waals surface area (Å²) in [6.45, 7) is 0. The predicted molar refractivity (Wildman–Crippen MR) is 139 cm³/mol. The quantitative estimate of drug-likeness (QED) is 0.254. The fourth-order valence-electron chi connectivity index (χ4n) is 4.02. The fourth-order valence-corrected chi connectivity index (χ4v) is 4.28. The van der Waals surface area contributed by atoms with E-state index in [1.54, 1.807) is 0 Å². The molecule has 0 radical (unpaired) electrons. The van der Waals surface area contributed by atoms with Gasteiger partial charge in [0.2, 0.25) is 0 Å². The number of nitrogens with zero attached hydrogens (tertiary/aromatic N) is 3. The lowest BCUT2D eigenvalue weighted by Crippen LogP contribution is -2.00. The van der Waals surface area contributed by atoms with E-state index in [0.717, 1.165) is 31.9 Å². The van der Waals surface area contributed by atoms with Crippen LogP contribution in [0.4, 0.5) is 0 Å². The molecule has 0 unspecified atom stereocenters. The summed E-state index contributed by atoms with van der Waals surface area (Å²) in [7, 11) is 0. The highest BCUT2D eigenvalue weighted by molar-refractivity contribution is 9.10. The third-order valence-electron chi connectivity index (χ3n) is 5.75. The molecule has 0 amide bonds. The number of fused-ring (bicyclic) bond motifs is 2. The smallest absolute Gasteiger partial charge is 0.164 e. The summed E-state index contributed by atoms with van der Waals surface area (Å²) < 4.78 is 1.02. The molecule has 156 valence electrons. The van der Waals surface area contributed by atoms with E-state index in [2.05, 4.69) is 88.7 Å². The van der Waals surface area contributed by atoms with E-state index in [-0.39, 0.29) is 0 Å². The molecule has 33 heavy (non-hydrogen) atoms. The molecule has 0 spiro atoms. The van der Waals surface area contributed by atoms with Gasteiger partial charge in [-0.15, -0.1) is 0 Å². The van der Waals surface area contributed by atoms with Crippen LogP contribution < -0.4 is 0 Å². The molecule has 6 rings (SSSR count). The Labute approximate surface area is 199 Å². The van der Waals surface area contributed by atoms with Gasteiger partial charge in [-0.1, -0.05) is 101 Å². The molecule has 0 saturated heterocycles. The predicted octanol–water partition coefficient (Wildman–Crippen LogP) is 7.94. The monoisotopic (exact) mass is 487 g/mol. The van der Waals surface area contributed by atoms with Crippen molar-refractivity contribution in [3.05, 3.63) is 114 Å². The summed E-state index contributed by atoms with van der Waals surface area (Å²) in [5, 5.41) is 4.71. The normalized spacial score (nSPS) is 11.2. The maximum atomic E-state index is 4.90. The van der Waals surface area contributed by atoms with Crippen LogP contribution in [-0.2, 0) is 0 Å². The highest BCUT2D eigenvalue weighted by atomic mass is 79.9. The molecule has 0 fully saturated rings. The summed E-state index contributed by atoms with van der Waals surface area (Å²) in [4.78, 5) is 14.6. The number of hydrogen-bond acceptors (Lipinski definition) is 3. The van der Waals surface area contributed by atoms with Gasteiger partial charge in [0.05, 0.1) is 0 Å². The lowest BCUT2D eigenvalue weighted by molar-refractivity contribution is 1.07. The minimum Gasteiger partial charge on any atom is -0.208 e. The van der Waals surface area contributed by atoms with Gasteiger partial charge >= 0.3 is 0 Å². The molecule has 0 aliphatic carbocycles.